The Morgan fingerprint density at radius 2 is 2.11 bits per heavy atom. The van der Waals surface area contributed by atoms with Crippen LogP contribution < -0.4 is 0 Å². The highest BCUT2D eigenvalue weighted by molar-refractivity contribution is 5.93. The average molecular weight is 258 g/mol. The van der Waals surface area contributed by atoms with E-state index in [0.717, 1.165) is 12.1 Å². The molecule has 0 bridgehead atoms. The summed E-state index contributed by atoms with van der Waals surface area (Å²) in [5.41, 5.74) is 0.962. The summed E-state index contributed by atoms with van der Waals surface area (Å²) in [6.07, 6.45) is 2.51. The van der Waals surface area contributed by atoms with Crippen LogP contribution in [0.3, 0.4) is 0 Å². The number of nitrogens with zero attached hydrogens (tertiary/aromatic N) is 2. The highest BCUT2D eigenvalue weighted by Crippen LogP contribution is 2.26. The van der Waals surface area contributed by atoms with E-state index < -0.39 is 0 Å². The summed E-state index contributed by atoms with van der Waals surface area (Å²) in [4.78, 5) is 18.0. The van der Waals surface area contributed by atoms with Crippen molar-refractivity contribution in [1.82, 2.24) is 9.88 Å². The molecular formula is C16H22N2O. The Bertz CT molecular complexity index is 477. The number of hydrogen-bond acceptors (Lipinski definition) is 2. The lowest BCUT2D eigenvalue weighted by Crippen LogP contribution is -2.46. The van der Waals surface area contributed by atoms with Gasteiger partial charge in [-0.2, -0.15) is 0 Å². The van der Waals surface area contributed by atoms with E-state index in [1.54, 1.807) is 18.0 Å². The van der Waals surface area contributed by atoms with Crippen LogP contribution in [0.15, 0.2) is 24.4 Å². The lowest BCUT2D eigenvalue weighted by atomic mass is 9.83. The predicted octanol–water partition coefficient (Wildman–Crippen LogP) is 2.52. The molecule has 1 aromatic rings. The van der Waals surface area contributed by atoms with Gasteiger partial charge in [0.25, 0.3) is 5.91 Å². The van der Waals surface area contributed by atoms with Crippen molar-refractivity contribution in [3.63, 3.8) is 0 Å². The fraction of sp³-hybridized carbons (Fsp3) is 0.500. The van der Waals surface area contributed by atoms with Gasteiger partial charge in [0.05, 0.1) is 0 Å². The second kappa shape index (κ2) is 6.38. The van der Waals surface area contributed by atoms with E-state index in [1.165, 1.54) is 0 Å². The number of pyridine rings is 1. The minimum atomic E-state index is -0.140. The van der Waals surface area contributed by atoms with Crippen molar-refractivity contribution in [2.45, 2.75) is 40.2 Å². The van der Waals surface area contributed by atoms with E-state index in [0.29, 0.717) is 0 Å². The highest BCUT2D eigenvalue weighted by Gasteiger charge is 2.31. The van der Waals surface area contributed by atoms with Gasteiger partial charge in [-0.15, -0.1) is 0 Å². The second-order valence-corrected chi connectivity index (χ2v) is 5.70. The van der Waals surface area contributed by atoms with E-state index >= 15 is 0 Å². The fourth-order valence-corrected chi connectivity index (χ4v) is 2.08. The van der Waals surface area contributed by atoms with E-state index in [2.05, 4.69) is 37.6 Å². The molecule has 3 heteroatoms. The third kappa shape index (κ3) is 4.40. The van der Waals surface area contributed by atoms with Gasteiger partial charge in [0.1, 0.15) is 0 Å². The van der Waals surface area contributed by atoms with Crippen molar-refractivity contribution in [3.05, 3.63) is 30.1 Å². The van der Waals surface area contributed by atoms with Gasteiger partial charge >= 0.3 is 0 Å². The first-order valence-corrected chi connectivity index (χ1v) is 6.45. The molecule has 0 saturated carbocycles. The molecule has 0 radical (unpaired) electrons. The zero-order valence-corrected chi connectivity index (χ0v) is 12.4. The van der Waals surface area contributed by atoms with Gasteiger partial charge in [0.2, 0.25) is 0 Å². The normalized spacial score (nSPS) is 12.3. The molecule has 0 aliphatic rings. The Hall–Kier alpha value is -1.82. The maximum Gasteiger partial charge on any atom is 0.298 e. The molecule has 1 heterocycles. The van der Waals surface area contributed by atoms with Crippen molar-refractivity contribution >= 4 is 5.91 Å². The first-order valence-electron chi connectivity index (χ1n) is 6.45. The average Bonchev–Trinajstić information content (AvgIpc) is 2.35. The van der Waals surface area contributed by atoms with Gasteiger partial charge in [-0.05, 0) is 30.4 Å². The molecule has 0 N–H and O–H groups in total. The summed E-state index contributed by atoms with van der Waals surface area (Å²) in [5, 5.41) is 0. The van der Waals surface area contributed by atoms with E-state index in [-0.39, 0.29) is 17.4 Å². The summed E-state index contributed by atoms with van der Waals surface area (Å²) >= 11 is 0. The lowest BCUT2D eigenvalue weighted by Gasteiger charge is -2.37. The van der Waals surface area contributed by atoms with Crippen LogP contribution in [0, 0.1) is 17.3 Å². The molecule has 1 aromatic heterocycles. The van der Waals surface area contributed by atoms with Crippen molar-refractivity contribution in [1.29, 1.82) is 0 Å². The number of amides is 1. The summed E-state index contributed by atoms with van der Waals surface area (Å²) in [6, 6.07) is 5.92. The SMILES string of the molecule is CC#CC(=O)N(C)C(Cc1ccccn1)C(C)(C)C. The van der Waals surface area contributed by atoms with Gasteiger partial charge in [0.15, 0.2) is 0 Å². The second-order valence-electron chi connectivity index (χ2n) is 5.70. The van der Waals surface area contributed by atoms with Crippen molar-refractivity contribution in [3.8, 4) is 11.8 Å². The van der Waals surface area contributed by atoms with Crippen LogP contribution in [0.4, 0.5) is 0 Å². The molecule has 1 atom stereocenters. The maximum absolute atomic E-state index is 12.0. The molecular weight excluding hydrogens is 236 g/mol. The minimum Gasteiger partial charge on any atom is -0.331 e. The number of carbonyl (C=O) groups is 1. The van der Waals surface area contributed by atoms with Gasteiger partial charge < -0.3 is 4.90 Å². The van der Waals surface area contributed by atoms with E-state index in [4.69, 9.17) is 0 Å². The van der Waals surface area contributed by atoms with Crippen LogP contribution in [0.1, 0.15) is 33.4 Å². The number of rotatable bonds is 3. The number of aromatic nitrogens is 1. The molecule has 1 unspecified atom stereocenters. The van der Waals surface area contributed by atoms with Crippen molar-refractivity contribution in [2.24, 2.45) is 5.41 Å². The van der Waals surface area contributed by atoms with Gasteiger partial charge in [-0.3, -0.25) is 9.78 Å². The van der Waals surface area contributed by atoms with Crippen LogP contribution in [0.2, 0.25) is 0 Å². The summed E-state index contributed by atoms with van der Waals surface area (Å²) < 4.78 is 0. The van der Waals surface area contributed by atoms with E-state index in [9.17, 15) is 4.79 Å². The standard InChI is InChI=1S/C16H22N2O/c1-6-9-15(19)18(5)14(16(2,3)4)12-13-10-7-8-11-17-13/h7-8,10-11,14H,12H2,1-5H3. The third-order valence-corrected chi connectivity index (χ3v) is 3.15. The van der Waals surface area contributed by atoms with Gasteiger partial charge in [-0.1, -0.05) is 32.8 Å². The van der Waals surface area contributed by atoms with Crippen molar-refractivity contribution < 1.29 is 4.79 Å². The molecule has 0 aliphatic heterocycles. The third-order valence-electron chi connectivity index (χ3n) is 3.15. The Morgan fingerprint density at radius 1 is 1.42 bits per heavy atom. The largest absolute Gasteiger partial charge is 0.331 e. The lowest BCUT2D eigenvalue weighted by molar-refractivity contribution is -0.127. The maximum atomic E-state index is 12.0. The summed E-state index contributed by atoms with van der Waals surface area (Å²) in [7, 11) is 1.81. The predicted molar refractivity (Wildman–Crippen MR) is 77.4 cm³/mol. The first kappa shape index (κ1) is 15.2. The van der Waals surface area contributed by atoms with Gasteiger partial charge in [0, 0.05) is 31.4 Å². The van der Waals surface area contributed by atoms with Crippen LogP contribution in [-0.4, -0.2) is 28.9 Å². The zero-order chi connectivity index (χ0) is 14.5. The molecule has 1 rings (SSSR count). The topological polar surface area (TPSA) is 33.2 Å². The Labute approximate surface area is 116 Å². The Balaban J connectivity index is 2.95. The number of hydrogen-bond donors (Lipinski definition) is 0. The first-order chi connectivity index (χ1) is 8.86. The molecule has 102 valence electrons. The zero-order valence-electron chi connectivity index (χ0n) is 12.4. The Kier molecular flexibility index (Phi) is 5.11. The van der Waals surface area contributed by atoms with Crippen LogP contribution in [0.5, 0.6) is 0 Å². The summed E-state index contributed by atoms with van der Waals surface area (Å²) in [6.45, 7) is 8.06. The molecule has 3 nitrogen and oxygen atoms in total. The quantitative estimate of drug-likeness (QED) is 0.781. The van der Waals surface area contributed by atoms with Crippen molar-refractivity contribution in [2.75, 3.05) is 7.05 Å². The van der Waals surface area contributed by atoms with E-state index in [1.807, 2.05) is 25.2 Å². The minimum absolute atomic E-state index is 0.0304. The molecule has 0 aromatic carbocycles. The molecule has 19 heavy (non-hydrogen) atoms. The molecule has 0 fully saturated rings. The highest BCUT2D eigenvalue weighted by atomic mass is 16.2. The molecule has 0 spiro atoms. The monoisotopic (exact) mass is 258 g/mol. The fourth-order valence-electron chi connectivity index (χ4n) is 2.08. The smallest absolute Gasteiger partial charge is 0.298 e. The number of likely N-dealkylation sites (N-methyl/N-ethyl adjacent to an activating group) is 1. The Morgan fingerprint density at radius 3 is 2.58 bits per heavy atom. The van der Waals surface area contributed by atoms with Crippen LogP contribution in [0.25, 0.3) is 0 Å². The number of carbonyl (C=O) groups excluding carboxylic acids is 1. The molecule has 0 saturated heterocycles. The van der Waals surface area contributed by atoms with Crippen LogP contribution >= 0.6 is 0 Å². The molecule has 0 aliphatic carbocycles. The van der Waals surface area contributed by atoms with Crippen LogP contribution in [-0.2, 0) is 11.2 Å². The molecule has 1 amide bonds. The van der Waals surface area contributed by atoms with Gasteiger partial charge in [-0.25, -0.2) is 0 Å². The summed E-state index contributed by atoms with van der Waals surface area (Å²) in [5.74, 6) is 5.12.